The summed E-state index contributed by atoms with van der Waals surface area (Å²) in [7, 11) is 0. The second-order valence-corrected chi connectivity index (χ2v) is 3.97. The third-order valence-electron chi connectivity index (χ3n) is 2.71. The van der Waals surface area contributed by atoms with E-state index in [1.54, 1.807) is 24.4 Å². The highest BCUT2D eigenvalue weighted by Crippen LogP contribution is 2.18. The second-order valence-electron chi connectivity index (χ2n) is 3.97. The predicted molar refractivity (Wildman–Crippen MR) is 73.5 cm³/mol. The molecule has 0 aliphatic carbocycles. The van der Waals surface area contributed by atoms with Crippen LogP contribution >= 0.6 is 0 Å². The number of para-hydroxylation sites is 1. The average Bonchev–Trinajstić information content (AvgIpc) is 2.49. The summed E-state index contributed by atoms with van der Waals surface area (Å²) < 4.78 is 13.6. The van der Waals surface area contributed by atoms with Crippen LogP contribution in [0.4, 0.5) is 10.1 Å². The van der Waals surface area contributed by atoms with Crippen LogP contribution in [0, 0.1) is 5.82 Å². The smallest absolute Gasteiger partial charge is 0.150 e. The fourth-order valence-corrected chi connectivity index (χ4v) is 1.76. The van der Waals surface area contributed by atoms with Crippen molar-refractivity contribution in [2.24, 2.45) is 10.2 Å². The Morgan fingerprint density at radius 3 is 2.37 bits per heavy atom. The maximum absolute atomic E-state index is 13.6. The zero-order chi connectivity index (χ0) is 13.1. The molecule has 0 saturated heterocycles. The summed E-state index contributed by atoms with van der Waals surface area (Å²) in [6.45, 7) is 0. The Morgan fingerprint density at radius 2 is 1.68 bits per heavy atom. The van der Waals surface area contributed by atoms with E-state index in [0.717, 1.165) is 5.56 Å². The standard InChI is InChI=1S/C14H11FN4/c15-12-8-4-5-9-14(12)19-16-10-13(17-18-19)11-6-2-1-3-7-11/h1-10,18H. The molecule has 0 fully saturated rings. The molecule has 1 aliphatic heterocycles. The third kappa shape index (κ3) is 2.30. The highest BCUT2D eigenvalue weighted by Gasteiger charge is 2.13. The lowest BCUT2D eigenvalue weighted by atomic mass is 10.1. The fraction of sp³-hybridized carbons (Fsp3) is 0. The van der Waals surface area contributed by atoms with Gasteiger partial charge in [-0.05, 0) is 12.1 Å². The molecule has 0 saturated carbocycles. The van der Waals surface area contributed by atoms with Gasteiger partial charge in [0, 0.05) is 5.56 Å². The van der Waals surface area contributed by atoms with E-state index in [-0.39, 0.29) is 5.82 Å². The lowest BCUT2D eigenvalue weighted by Crippen LogP contribution is -2.35. The monoisotopic (exact) mass is 254 g/mol. The number of nitrogens with one attached hydrogen (secondary N) is 1. The number of hydrazone groups is 2. The van der Waals surface area contributed by atoms with Gasteiger partial charge in [0.25, 0.3) is 0 Å². The molecule has 94 valence electrons. The first-order chi connectivity index (χ1) is 9.34. The number of hydrogen-bond donors (Lipinski definition) is 1. The van der Waals surface area contributed by atoms with Crippen molar-refractivity contribution in [1.29, 1.82) is 0 Å². The molecular weight excluding hydrogens is 243 g/mol. The Hall–Kier alpha value is -2.69. The van der Waals surface area contributed by atoms with E-state index in [1.807, 2.05) is 30.3 Å². The van der Waals surface area contributed by atoms with Crippen LogP contribution in [0.2, 0.25) is 0 Å². The van der Waals surface area contributed by atoms with Gasteiger partial charge in [0.05, 0.1) is 6.21 Å². The van der Waals surface area contributed by atoms with Gasteiger partial charge in [-0.3, -0.25) is 0 Å². The number of benzene rings is 2. The first-order valence-corrected chi connectivity index (χ1v) is 5.82. The molecule has 2 aromatic rings. The van der Waals surface area contributed by atoms with E-state index < -0.39 is 0 Å². The maximum atomic E-state index is 13.6. The Morgan fingerprint density at radius 1 is 0.947 bits per heavy atom. The van der Waals surface area contributed by atoms with Crippen LogP contribution in [-0.4, -0.2) is 11.9 Å². The summed E-state index contributed by atoms with van der Waals surface area (Å²) in [6, 6.07) is 16.0. The molecule has 19 heavy (non-hydrogen) atoms. The van der Waals surface area contributed by atoms with Gasteiger partial charge in [0.15, 0.2) is 5.82 Å². The highest BCUT2D eigenvalue weighted by atomic mass is 19.1. The number of hydrazine groups is 1. The number of hydrogen-bond acceptors (Lipinski definition) is 4. The van der Waals surface area contributed by atoms with Crippen molar-refractivity contribution in [1.82, 2.24) is 5.53 Å². The summed E-state index contributed by atoms with van der Waals surface area (Å²) in [5, 5.41) is 9.61. The second kappa shape index (κ2) is 4.89. The molecule has 4 nitrogen and oxygen atoms in total. The maximum Gasteiger partial charge on any atom is 0.150 e. The molecule has 1 N–H and O–H groups in total. The fourth-order valence-electron chi connectivity index (χ4n) is 1.76. The summed E-state index contributed by atoms with van der Waals surface area (Å²) in [4.78, 5) is 0. The zero-order valence-corrected chi connectivity index (χ0v) is 9.99. The molecule has 0 aromatic heterocycles. The van der Waals surface area contributed by atoms with Gasteiger partial charge in [-0.2, -0.15) is 20.9 Å². The normalized spacial score (nSPS) is 13.9. The summed E-state index contributed by atoms with van der Waals surface area (Å²) in [5.41, 5.74) is 4.69. The van der Waals surface area contributed by atoms with E-state index in [0.29, 0.717) is 11.4 Å². The summed E-state index contributed by atoms with van der Waals surface area (Å²) in [5.74, 6) is -0.356. The van der Waals surface area contributed by atoms with Crippen molar-refractivity contribution in [3.05, 3.63) is 66.0 Å². The van der Waals surface area contributed by atoms with Gasteiger partial charge in [-0.1, -0.05) is 42.5 Å². The van der Waals surface area contributed by atoms with Crippen molar-refractivity contribution in [3.8, 4) is 0 Å². The molecule has 0 bridgehead atoms. The molecule has 1 heterocycles. The minimum Gasteiger partial charge on any atom is -0.205 e. The molecule has 5 heteroatoms. The SMILES string of the molecule is Fc1ccccc1N1N=CC(c2ccccc2)=NN1. The lowest BCUT2D eigenvalue weighted by Gasteiger charge is -2.21. The summed E-state index contributed by atoms with van der Waals surface area (Å²) >= 11 is 0. The van der Waals surface area contributed by atoms with Crippen molar-refractivity contribution in [2.75, 3.05) is 5.12 Å². The van der Waals surface area contributed by atoms with Gasteiger partial charge >= 0.3 is 0 Å². The molecule has 2 aromatic carbocycles. The van der Waals surface area contributed by atoms with Crippen LogP contribution in [0.1, 0.15) is 5.56 Å². The van der Waals surface area contributed by atoms with Crippen LogP contribution in [0.25, 0.3) is 0 Å². The van der Waals surface area contributed by atoms with Crippen molar-refractivity contribution in [3.63, 3.8) is 0 Å². The average molecular weight is 254 g/mol. The largest absolute Gasteiger partial charge is 0.205 e. The van der Waals surface area contributed by atoms with Gasteiger partial charge in [-0.15, -0.1) is 0 Å². The van der Waals surface area contributed by atoms with Gasteiger partial charge in [0.1, 0.15) is 11.4 Å². The zero-order valence-electron chi connectivity index (χ0n) is 9.99. The van der Waals surface area contributed by atoms with Crippen LogP contribution in [0.3, 0.4) is 0 Å². The molecule has 0 atom stereocenters. The summed E-state index contributed by atoms with van der Waals surface area (Å²) in [6.07, 6.45) is 1.60. The quantitative estimate of drug-likeness (QED) is 0.894. The topological polar surface area (TPSA) is 40.0 Å². The number of halogens is 1. The van der Waals surface area contributed by atoms with Crippen LogP contribution in [-0.2, 0) is 0 Å². The predicted octanol–water partition coefficient (Wildman–Crippen LogP) is 2.54. The Labute approximate surface area is 109 Å². The Kier molecular flexibility index (Phi) is 2.94. The molecule has 0 unspecified atom stereocenters. The molecule has 0 amide bonds. The minimum absolute atomic E-state index is 0.328. The molecule has 0 spiro atoms. The third-order valence-corrected chi connectivity index (χ3v) is 2.71. The van der Waals surface area contributed by atoms with Gasteiger partial charge < -0.3 is 0 Å². The van der Waals surface area contributed by atoms with Gasteiger partial charge in [0.2, 0.25) is 0 Å². The van der Waals surface area contributed by atoms with E-state index in [9.17, 15) is 4.39 Å². The minimum atomic E-state index is -0.356. The molecule has 0 radical (unpaired) electrons. The first-order valence-electron chi connectivity index (χ1n) is 5.82. The van der Waals surface area contributed by atoms with E-state index in [2.05, 4.69) is 15.7 Å². The van der Waals surface area contributed by atoms with E-state index >= 15 is 0 Å². The Bertz CT molecular complexity index is 637. The lowest BCUT2D eigenvalue weighted by molar-refractivity contribution is 0.597. The first kappa shape index (κ1) is 11.4. The van der Waals surface area contributed by atoms with Crippen molar-refractivity contribution < 1.29 is 4.39 Å². The molecule has 3 rings (SSSR count). The van der Waals surface area contributed by atoms with Crippen molar-refractivity contribution in [2.45, 2.75) is 0 Å². The number of nitrogens with zero attached hydrogens (tertiary/aromatic N) is 3. The number of anilines is 1. The number of rotatable bonds is 2. The van der Waals surface area contributed by atoms with E-state index in [4.69, 9.17) is 0 Å². The van der Waals surface area contributed by atoms with Crippen LogP contribution < -0.4 is 10.7 Å². The van der Waals surface area contributed by atoms with Crippen molar-refractivity contribution >= 4 is 17.6 Å². The van der Waals surface area contributed by atoms with Crippen LogP contribution in [0.5, 0.6) is 0 Å². The molecule has 1 aliphatic rings. The van der Waals surface area contributed by atoms with Crippen LogP contribution in [0.15, 0.2) is 64.8 Å². The van der Waals surface area contributed by atoms with Gasteiger partial charge in [-0.25, -0.2) is 4.39 Å². The Balaban J connectivity index is 1.82. The van der Waals surface area contributed by atoms with E-state index in [1.165, 1.54) is 11.2 Å². The molecular formula is C14H11FN4. The highest BCUT2D eigenvalue weighted by molar-refractivity contribution is 6.38.